The molecule has 134 valence electrons. The Morgan fingerprint density at radius 3 is 2.41 bits per heavy atom. The van der Waals surface area contributed by atoms with E-state index in [9.17, 15) is 14.3 Å². The highest BCUT2D eigenvalue weighted by Crippen LogP contribution is 2.40. The number of phenolic OH excluding ortho intramolecular Hbond substituents is 1. The molecule has 1 heterocycles. The number of nitriles is 2. The molecule has 7 heteroatoms. The van der Waals surface area contributed by atoms with Crippen LogP contribution in [0, 0.1) is 28.5 Å². The van der Waals surface area contributed by atoms with Gasteiger partial charge in [0, 0.05) is 6.54 Å². The van der Waals surface area contributed by atoms with Crippen LogP contribution in [-0.2, 0) is 6.54 Å². The fourth-order valence-corrected chi connectivity index (χ4v) is 2.75. The number of hydrogen-bond donors (Lipinski definition) is 1. The molecule has 27 heavy (non-hydrogen) atoms. The van der Waals surface area contributed by atoms with Crippen molar-refractivity contribution in [3.63, 3.8) is 0 Å². The molecule has 0 amide bonds. The summed E-state index contributed by atoms with van der Waals surface area (Å²) in [6.07, 6.45) is 1.49. The van der Waals surface area contributed by atoms with Crippen LogP contribution in [0.15, 0.2) is 42.2 Å². The van der Waals surface area contributed by atoms with Crippen LogP contribution in [0.3, 0.4) is 0 Å². The molecule has 0 atom stereocenters. The van der Waals surface area contributed by atoms with E-state index in [1.807, 2.05) is 12.1 Å². The zero-order chi connectivity index (χ0) is 19.4. The van der Waals surface area contributed by atoms with Gasteiger partial charge in [0.15, 0.2) is 5.76 Å². The van der Waals surface area contributed by atoms with Gasteiger partial charge in [0.05, 0.1) is 36.4 Å². The van der Waals surface area contributed by atoms with E-state index in [1.165, 1.54) is 47.4 Å². The molecule has 0 bridgehead atoms. The molecule has 0 aliphatic carbocycles. The number of phenols is 1. The zero-order valence-corrected chi connectivity index (χ0v) is 14.1. The number of hydrogen-bond acceptors (Lipinski definition) is 6. The van der Waals surface area contributed by atoms with Crippen molar-refractivity contribution in [2.75, 3.05) is 13.1 Å². The Hall–Kier alpha value is -3.68. The van der Waals surface area contributed by atoms with Crippen LogP contribution in [0.4, 0.5) is 4.39 Å². The standard InChI is InChI=1S/C20H14FN3O3/c21-14-3-1-13(2-4-14)11-18-19(26)15-5-6-17(25)16(20(15)27-18)12-24(9-7-22)10-8-23/h1-6,11,25H,9-10,12H2/b18-11+. The summed E-state index contributed by atoms with van der Waals surface area (Å²) < 4.78 is 18.7. The SMILES string of the molecule is N#CCN(CC#N)Cc1c(O)ccc2c1O/C(=C/c1ccc(F)cc1)C2=O. The third-order valence-corrected chi connectivity index (χ3v) is 4.05. The first-order valence-corrected chi connectivity index (χ1v) is 8.04. The van der Waals surface area contributed by atoms with Crippen molar-refractivity contribution in [3.05, 3.63) is 64.7 Å². The lowest BCUT2D eigenvalue weighted by Crippen LogP contribution is -2.24. The van der Waals surface area contributed by atoms with E-state index < -0.39 is 0 Å². The van der Waals surface area contributed by atoms with Gasteiger partial charge in [-0.05, 0) is 35.9 Å². The van der Waals surface area contributed by atoms with E-state index in [2.05, 4.69) is 0 Å². The Kier molecular flexibility index (Phi) is 5.16. The highest BCUT2D eigenvalue weighted by molar-refractivity contribution is 6.15. The number of benzene rings is 2. The molecule has 1 aliphatic heterocycles. The second-order valence-electron chi connectivity index (χ2n) is 5.89. The van der Waals surface area contributed by atoms with Crippen LogP contribution in [0.25, 0.3) is 6.08 Å². The van der Waals surface area contributed by atoms with Crippen LogP contribution < -0.4 is 4.74 Å². The van der Waals surface area contributed by atoms with Gasteiger partial charge in [-0.15, -0.1) is 0 Å². The molecule has 0 spiro atoms. The fraction of sp³-hybridized carbons (Fsp3) is 0.150. The van der Waals surface area contributed by atoms with E-state index in [-0.39, 0.29) is 54.1 Å². The van der Waals surface area contributed by atoms with Gasteiger partial charge in [-0.1, -0.05) is 12.1 Å². The number of ether oxygens (including phenoxy) is 1. The predicted octanol–water partition coefficient (Wildman–Crippen LogP) is 3.00. The van der Waals surface area contributed by atoms with E-state index in [4.69, 9.17) is 15.3 Å². The molecule has 6 nitrogen and oxygen atoms in total. The highest BCUT2D eigenvalue weighted by Gasteiger charge is 2.31. The molecular formula is C20H14FN3O3. The van der Waals surface area contributed by atoms with Crippen LogP contribution in [-0.4, -0.2) is 28.9 Å². The zero-order valence-electron chi connectivity index (χ0n) is 14.1. The van der Waals surface area contributed by atoms with Crippen LogP contribution >= 0.6 is 0 Å². The van der Waals surface area contributed by atoms with Crippen LogP contribution in [0.1, 0.15) is 21.5 Å². The summed E-state index contributed by atoms with van der Waals surface area (Å²) >= 11 is 0. The number of fused-ring (bicyclic) bond motifs is 1. The average Bonchev–Trinajstić information content (AvgIpc) is 2.96. The Balaban J connectivity index is 1.95. The third-order valence-electron chi connectivity index (χ3n) is 4.05. The molecular weight excluding hydrogens is 349 g/mol. The predicted molar refractivity (Wildman–Crippen MR) is 93.9 cm³/mol. The summed E-state index contributed by atoms with van der Waals surface area (Å²) in [6.45, 7) is 0.0546. The Bertz CT molecular complexity index is 985. The third kappa shape index (κ3) is 3.79. The number of Topliss-reactive ketones (excluding diaryl/α,β-unsaturated/α-hetero) is 1. The number of carbonyl (C=O) groups is 1. The molecule has 0 aromatic heterocycles. The summed E-state index contributed by atoms with van der Waals surface area (Å²) in [4.78, 5) is 14.1. The van der Waals surface area contributed by atoms with Crippen molar-refractivity contribution < 1.29 is 19.0 Å². The van der Waals surface area contributed by atoms with Gasteiger partial charge in [0.2, 0.25) is 5.78 Å². The Labute approximate surface area is 154 Å². The Morgan fingerprint density at radius 1 is 1.11 bits per heavy atom. The second kappa shape index (κ2) is 7.69. The molecule has 3 rings (SSSR count). The van der Waals surface area contributed by atoms with Crippen molar-refractivity contribution in [2.24, 2.45) is 0 Å². The van der Waals surface area contributed by atoms with Gasteiger partial charge >= 0.3 is 0 Å². The summed E-state index contributed by atoms with van der Waals surface area (Å²) in [7, 11) is 0. The van der Waals surface area contributed by atoms with Gasteiger partial charge in [-0.3, -0.25) is 9.69 Å². The number of ketones is 1. The minimum Gasteiger partial charge on any atom is -0.507 e. The number of rotatable bonds is 5. The van der Waals surface area contributed by atoms with Crippen molar-refractivity contribution in [1.29, 1.82) is 10.5 Å². The maximum atomic E-state index is 13.0. The van der Waals surface area contributed by atoms with Gasteiger partial charge in [0.1, 0.15) is 17.3 Å². The molecule has 2 aromatic carbocycles. The first kappa shape index (κ1) is 18.1. The van der Waals surface area contributed by atoms with Crippen molar-refractivity contribution in [2.45, 2.75) is 6.54 Å². The minimum atomic E-state index is -0.388. The van der Waals surface area contributed by atoms with Gasteiger partial charge < -0.3 is 9.84 Å². The lowest BCUT2D eigenvalue weighted by Gasteiger charge is -2.17. The Morgan fingerprint density at radius 2 is 1.78 bits per heavy atom. The second-order valence-corrected chi connectivity index (χ2v) is 5.89. The van der Waals surface area contributed by atoms with Crippen LogP contribution in [0.2, 0.25) is 0 Å². The van der Waals surface area contributed by atoms with E-state index in [0.717, 1.165) is 0 Å². The normalized spacial score (nSPS) is 13.9. The summed E-state index contributed by atoms with van der Waals surface area (Å²) in [6, 6.07) is 12.3. The average molecular weight is 363 g/mol. The van der Waals surface area contributed by atoms with Gasteiger partial charge in [0.25, 0.3) is 0 Å². The lowest BCUT2D eigenvalue weighted by molar-refractivity contribution is 0.101. The molecule has 1 aliphatic rings. The van der Waals surface area contributed by atoms with Crippen LogP contribution in [0.5, 0.6) is 11.5 Å². The smallest absolute Gasteiger partial charge is 0.231 e. The van der Waals surface area contributed by atoms with E-state index in [0.29, 0.717) is 11.1 Å². The molecule has 0 saturated carbocycles. The summed E-state index contributed by atoms with van der Waals surface area (Å²) in [5.41, 5.74) is 1.20. The topological polar surface area (TPSA) is 97.3 Å². The maximum Gasteiger partial charge on any atom is 0.231 e. The highest BCUT2D eigenvalue weighted by atomic mass is 19.1. The van der Waals surface area contributed by atoms with Crippen molar-refractivity contribution >= 4 is 11.9 Å². The van der Waals surface area contributed by atoms with Gasteiger partial charge in [-0.25, -0.2) is 4.39 Å². The summed E-state index contributed by atoms with van der Waals surface area (Å²) in [5.74, 6) is -0.584. The maximum absolute atomic E-state index is 13.0. The molecule has 1 N–H and O–H groups in total. The summed E-state index contributed by atoms with van der Waals surface area (Å²) in [5, 5.41) is 28.0. The molecule has 0 unspecified atom stereocenters. The number of allylic oxidation sites excluding steroid dienone is 1. The van der Waals surface area contributed by atoms with E-state index >= 15 is 0 Å². The number of carbonyl (C=O) groups excluding carboxylic acids is 1. The van der Waals surface area contributed by atoms with Gasteiger partial charge in [-0.2, -0.15) is 10.5 Å². The van der Waals surface area contributed by atoms with Crippen molar-refractivity contribution in [3.8, 4) is 23.6 Å². The lowest BCUT2D eigenvalue weighted by atomic mass is 10.0. The number of nitrogens with zero attached hydrogens (tertiary/aromatic N) is 3. The molecule has 0 fully saturated rings. The monoisotopic (exact) mass is 363 g/mol. The van der Waals surface area contributed by atoms with Crippen molar-refractivity contribution in [1.82, 2.24) is 4.90 Å². The van der Waals surface area contributed by atoms with E-state index in [1.54, 1.807) is 0 Å². The quantitative estimate of drug-likeness (QED) is 0.648. The molecule has 2 aromatic rings. The fourth-order valence-electron chi connectivity index (χ4n) is 2.75. The number of halogens is 1. The first-order valence-electron chi connectivity index (χ1n) is 8.04. The largest absolute Gasteiger partial charge is 0.507 e. The minimum absolute atomic E-state index is 0.0110. The first-order chi connectivity index (χ1) is 13.0. The molecule has 0 saturated heterocycles. The molecule has 0 radical (unpaired) electrons. The number of aromatic hydroxyl groups is 1.